The summed E-state index contributed by atoms with van der Waals surface area (Å²) in [6.45, 7) is 7.27. The minimum absolute atomic E-state index is 0.248. The van der Waals surface area contributed by atoms with Crippen LogP contribution in [0.5, 0.6) is 0 Å². The number of thiophene rings is 1. The molecule has 0 amide bonds. The molecule has 2 rings (SSSR count). The van der Waals surface area contributed by atoms with Gasteiger partial charge in [0.1, 0.15) is 0 Å². The Kier molecular flexibility index (Phi) is 5.79. The Labute approximate surface area is 131 Å². The van der Waals surface area contributed by atoms with Crippen molar-refractivity contribution in [2.45, 2.75) is 44.2 Å². The zero-order valence-electron chi connectivity index (χ0n) is 13.0. The van der Waals surface area contributed by atoms with Crippen molar-refractivity contribution >= 4 is 21.4 Å². The lowest BCUT2D eigenvalue weighted by molar-refractivity contribution is 0.260. The second kappa shape index (κ2) is 7.19. The van der Waals surface area contributed by atoms with Crippen molar-refractivity contribution in [3.8, 4) is 0 Å². The number of hydrogen-bond donors (Lipinski definition) is 2. The second-order valence-corrected chi connectivity index (χ2v) is 8.68. The molecule has 2 heterocycles. The van der Waals surface area contributed by atoms with Crippen LogP contribution in [0, 0.1) is 6.92 Å². The van der Waals surface area contributed by atoms with E-state index in [0.29, 0.717) is 18.0 Å². The van der Waals surface area contributed by atoms with Crippen LogP contribution in [0.3, 0.4) is 0 Å². The van der Waals surface area contributed by atoms with Gasteiger partial charge in [-0.05, 0) is 52.9 Å². The van der Waals surface area contributed by atoms with Gasteiger partial charge >= 0.3 is 0 Å². The average molecular weight is 332 g/mol. The van der Waals surface area contributed by atoms with Crippen molar-refractivity contribution in [1.29, 1.82) is 0 Å². The zero-order chi connectivity index (χ0) is 15.5. The first kappa shape index (κ1) is 16.9. The molecule has 0 aliphatic carbocycles. The van der Waals surface area contributed by atoms with Crippen molar-refractivity contribution < 1.29 is 8.42 Å². The fourth-order valence-electron chi connectivity index (χ4n) is 2.67. The van der Waals surface area contributed by atoms with E-state index >= 15 is 0 Å². The standard InChI is InChI=1S/C14H25N3O2S2/c1-11(17-6-4-5-7-17)9-16-21(18,19)14-8-13(10-15-3)20-12(14)2/h8,11,15-16H,4-7,9-10H2,1-3H3. The monoisotopic (exact) mass is 331 g/mol. The zero-order valence-corrected chi connectivity index (χ0v) is 14.6. The van der Waals surface area contributed by atoms with E-state index in [1.165, 1.54) is 24.2 Å². The third kappa shape index (κ3) is 4.26. The van der Waals surface area contributed by atoms with Crippen molar-refractivity contribution in [1.82, 2.24) is 14.9 Å². The second-order valence-electron chi connectivity index (χ2n) is 5.61. The lowest BCUT2D eigenvalue weighted by Crippen LogP contribution is -2.40. The molecule has 1 aromatic rings. The first-order valence-electron chi connectivity index (χ1n) is 7.41. The molecule has 1 unspecified atom stereocenters. The van der Waals surface area contributed by atoms with Crippen LogP contribution in [-0.4, -0.2) is 46.0 Å². The molecule has 0 radical (unpaired) electrons. The summed E-state index contributed by atoms with van der Waals surface area (Å²) in [5, 5.41) is 3.05. The molecule has 120 valence electrons. The van der Waals surface area contributed by atoms with E-state index in [-0.39, 0.29) is 6.04 Å². The molecule has 5 nitrogen and oxygen atoms in total. The van der Waals surface area contributed by atoms with Crippen molar-refractivity contribution in [3.63, 3.8) is 0 Å². The molecule has 1 fully saturated rings. The summed E-state index contributed by atoms with van der Waals surface area (Å²) in [6.07, 6.45) is 2.43. The lowest BCUT2D eigenvalue weighted by Gasteiger charge is -2.23. The first-order valence-corrected chi connectivity index (χ1v) is 9.71. The molecule has 0 bridgehead atoms. The molecule has 1 aliphatic heterocycles. The quantitative estimate of drug-likeness (QED) is 0.796. The summed E-state index contributed by atoms with van der Waals surface area (Å²) in [5.41, 5.74) is 0. The van der Waals surface area contributed by atoms with Crippen LogP contribution in [-0.2, 0) is 16.6 Å². The van der Waals surface area contributed by atoms with Gasteiger partial charge in [-0.15, -0.1) is 11.3 Å². The molecule has 1 saturated heterocycles. The van der Waals surface area contributed by atoms with Crippen LogP contribution >= 0.6 is 11.3 Å². The van der Waals surface area contributed by atoms with E-state index in [9.17, 15) is 8.42 Å². The maximum absolute atomic E-state index is 12.4. The Morgan fingerprint density at radius 2 is 2.05 bits per heavy atom. The summed E-state index contributed by atoms with van der Waals surface area (Å²) in [6, 6.07) is 2.03. The molecule has 0 spiro atoms. The Balaban J connectivity index is 2.00. The minimum Gasteiger partial charge on any atom is -0.315 e. The molecule has 0 saturated carbocycles. The molecule has 1 aromatic heterocycles. The van der Waals surface area contributed by atoms with Crippen LogP contribution in [0.2, 0.25) is 0 Å². The molecule has 0 aromatic carbocycles. The first-order chi connectivity index (χ1) is 9.94. The van der Waals surface area contributed by atoms with E-state index in [4.69, 9.17) is 0 Å². The minimum atomic E-state index is -3.41. The van der Waals surface area contributed by atoms with Gasteiger partial charge in [-0.3, -0.25) is 4.90 Å². The van der Waals surface area contributed by atoms with E-state index in [1.54, 1.807) is 6.07 Å². The van der Waals surface area contributed by atoms with E-state index < -0.39 is 10.0 Å². The van der Waals surface area contributed by atoms with Gasteiger partial charge in [-0.1, -0.05) is 0 Å². The highest BCUT2D eigenvalue weighted by atomic mass is 32.2. The number of nitrogens with zero attached hydrogens (tertiary/aromatic N) is 1. The molecule has 2 N–H and O–H groups in total. The number of likely N-dealkylation sites (tertiary alicyclic amines) is 1. The fraction of sp³-hybridized carbons (Fsp3) is 0.714. The molecular formula is C14H25N3O2S2. The maximum atomic E-state index is 12.4. The topological polar surface area (TPSA) is 61.4 Å². The van der Waals surface area contributed by atoms with Crippen LogP contribution in [0.1, 0.15) is 29.5 Å². The van der Waals surface area contributed by atoms with E-state index in [0.717, 1.165) is 22.8 Å². The summed E-state index contributed by atoms with van der Waals surface area (Å²) >= 11 is 1.53. The Morgan fingerprint density at radius 1 is 1.38 bits per heavy atom. The predicted molar refractivity (Wildman–Crippen MR) is 87.3 cm³/mol. The summed E-state index contributed by atoms with van der Waals surface area (Å²) in [4.78, 5) is 4.66. The summed E-state index contributed by atoms with van der Waals surface area (Å²) < 4.78 is 27.7. The summed E-state index contributed by atoms with van der Waals surface area (Å²) in [7, 11) is -1.55. The number of hydrogen-bond acceptors (Lipinski definition) is 5. The lowest BCUT2D eigenvalue weighted by atomic mass is 10.3. The van der Waals surface area contributed by atoms with Gasteiger partial charge in [0.05, 0.1) is 4.90 Å². The highest BCUT2D eigenvalue weighted by molar-refractivity contribution is 7.89. The van der Waals surface area contributed by atoms with E-state index in [1.807, 2.05) is 14.0 Å². The number of rotatable bonds is 7. The van der Waals surface area contributed by atoms with Crippen molar-refractivity contribution in [2.24, 2.45) is 0 Å². The molecule has 1 aliphatic rings. The van der Waals surface area contributed by atoms with Crippen molar-refractivity contribution in [3.05, 3.63) is 15.8 Å². The van der Waals surface area contributed by atoms with E-state index in [2.05, 4.69) is 21.9 Å². The molecule has 21 heavy (non-hydrogen) atoms. The number of sulfonamides is 1. The Bertz CT molecular complexity index is 563. The predicted octanol–water partition coefficient (Wildman–Crippen LogP) is 1.54. The number of nitrogens with one attached hydrogen (secondary N) is 2. The van der Waals surface area contributed by atoms with Crippen LogP contribution in [0.25, 0.3) is 0 Å². The third-order valence-electron chi connectivity index (χ3n) is 3.90. The normalized spacial score (nSPS) is 18.2. The van der Waals surface area contributed by atoms with Gasteiger partial charge in [0.15, 0.2) is 0 Å². The Morgan fingerprint density at radius 3 is 2.67 bits per heavy atom. The SMILES string of the molecule is CNCc1cc(S(=O)(=O)NCC(C)N2CCCC2)c(C)s1. The Hall–Kier alpha value is -0.470. The molecule has 7 heteroatoms. The van der Waals surface area contributed by atoms with Crippen LogP contribution in [0.4, 0.5) is 0 Å². The van der Waals surface area contributed by atoms with Gasteiger partial charge in [0.2, 0.25) is 10.0 Å². The largest absolute Gasteiger partial charge is 0.315 e. The average Bonchev–Trinajstić information content (AvgIpc) is 3.06. The maximum Gasteiger partial charge on any atom is 0.241 e. The molecule has 1 atom stereocenters. The number of aryl methyl sites for hydroxylation is 1. The van der Waals surface area contributed by atoms with Gasteiger partial charge in [0, 0.05) is 28.9 Å². The van der Waals surface area contributed by atoms with Crippen LogP contribution < -0.4 is 10.0 Å². The van der Waals surface area contributed by atoms with Gasteiger partial charge in [-0.2, -0.15) is 0 Å². The van der Waals surface area contributed by atoms with Gasteiger partial charge < -0.3 is 5.32 Å². The smallest absolute Gasteiger partial charge is 0.241 e. The molecular weight excluding hydrogens is 306 g/mol. The highest BCUT2D eigenvalue weighted by Crippen LogP contribution is 2.25. The van der Waals surface area contributed by atoms with Gasteiger partial charge in [0.25, 0.3) is 0 Å². The summed E-state index contributed by atoms with van der Waals surface area (Å²) in [5.74, 6) is 0. The van der Waals surface area contributed by atoms with Crippen molar-refractivity contribution in [2.75, 3.05) is 26.7 Å². The van der Waals surface area contributed by atoms with Gasteiger partial charge in [-0.25, -0.2) is 13.1 Å². The fourth-order valence-corrected chi connectivity index (χ4v) is 5.44. The highest BCUT2D eigenvalue weighted by Gasteiger charge is 2.23. The third-order valence-corrected chi connectivity index (χ3v) is 6.63. The van der Waals surface area contributed by atoms with Crippen LogP contribution in [0.15, 0.2) is 11.0 Å².